The van der Waals surface area contributed by atoms with Gasteiger partial charge in [-0.15, -0.1) is 0 Å². The fraction of sp³-hybridized carbons (Fsp3) is 0.207. The van der Waals surface area contributed by atoms with E-state index in [0.717, 1.165) is 4.90 Å². The predicted octanol–water partition coefficient (Wildman–Crippen LogP) is 3.19. The average molecular weight is 590 g/mol. The fourth-order valence-corrected chi connectivity index (χ4v) is 4.74. The second-order valence-electron chi connectivity index (χ2n) is 9.20. The highest BCUT2D eigenvalue weighted by Crippen LogP contribution is 2.55. The number of rotatable bonds is 7. The van der Waals surface area contributed by atoms with E-state index in [1.165, 1.54) is 36.4 Å². The monoisotopic (exact) mass is 589 g/mol. The van der Waals surface area contributed by atoms with Crippen molar-refractivity contribution in [2.45, 2.75) is 20.3 Å². The number of ether oxygens (including phenoxy) is 4. The predicted molar refractivity (Wildman–Crippen MR) is 145 cm³/mol. The van der Waals surface area contributed by atoms with Crippen LogP contribution in [-0.4, -0.2) is 55.2 Å². The maximum atomic E-state index is 13.5. The molecule has 2 N–H and O–H groups in total. The van der Waals surface area contributed by atoms with E-state index < -0.39 is 47.9 Å². The second-order valence-corrected chi connectivity index (χ2v) is 9.20. The number of benzene rings is 1. The summed E-state index contributed by atoms with van der Waals surface area (Å²) in [4.78, 5) is 88.9. The van der Waals surface area contributed by atoms with Crippen molar-refractivity contribution in [3.8, 4) is 22.6 Å². The molecule has 43 heavy (non-hydrogen) atoms. The summed E-state index contributed by atoms with van der Waals surface area (Å²) in [5, 5.41) is 4.07. The van der Waals surface area contributed by atoms with Crippen LogP contribution in [-0.2, 0) is 25.5 Å². The van der Waals surface area contributed by atoms with E-state index >= 15 is 0 Å². The molecule has 5 rings (SSSR count). The number of fused-ring (bicyclic) bond motifs is 2. The number of carbonyl (C=O) groups is 7. The van der Waals surface area contributed by atoms with Crippen molar-refractivity contribution in [1.29, 1.82) is 0 Å². The second kappa shape index (κ2) is 11.6. The first-order chi connectivity index (χ1) is 20.6. The van der Waals surface area contributed by atoms with Crippen LogP contribution in [0.5, 0.6) is 11.5 Å². The van der Waals surface area contributed by atoms with Gasteiger partial charge in [0.15, 0.2) is 11.5 Å². The normalized spacial score (nSPS) is 14.7. The molecule has 6 amide bonds. The largest absolute Gasteiger partial charge is 0.513 e. The molecule has 0 aromatic heterocycles. The van der Waals surface area contributed by atoms with Gasteiger partial charge in [-0.05, 0) is 38.0 Å². The zero-order valence-corrected chi connectivity index (χ0v) is 22.8. The van der Waals surface area contributed by atoms with E-state index in [1.54, 1.807) is 26.0 Å². The van der Waals surface area contributed by atoms with Crippen LogP contribution in [0.1, 0.15) is 40.1 Å². The molecule has 1 saturated heterocycles. The molecule has 2 heterocycles. The molecule has 0 saturated carbocycles. The molecule has 0 unspecified atom stereocenters. The smallest absolute Gasteiger partial charge is 0.434 e. The minimum absolute atomic E-state index is 0.0576. The number of nitrogens with one attached hydrogen (secondary N) is 2. The molecule has 14 heteroatoms. The molecule has 0 spiro atoms. The molecule has 220 valence electrons. The van der Waals surface area contributed by atoms with E-state index in [1.807, 2.05) is 10.6 Å². The molecule has 4 aliphatic rings. The Hall–Kier alpha value is -5.79. The van der Waals surface area contributed by atoms with Crippen molar-refractivity contribution in [2.24, 2.45) is 5.92 Å². The number of amides is 6. The molecule has 0 atom stereocenters. The zero-order valence-electron chi connectivity index (χ0n) is 22.8. The Labute approximate surface area is 243 Å². The lowest BCUT2D eigenvalue weighted by atomic mass is 9.97. The first kappa shape index (κ1) is 28.7. The Balaban J connectivity index is 1.68. The van der Waals surface area contributed by atoms with Gasteiger partial charge in [-0.25, -0.2) is 19.3 Å². The minimum Gasteiger partial charge on any atom is -0.434 e. The third-order valence-corrected chi connectivity index (χ3v) is 6.60. The molecule has 0 radical (unpaired) electrons. The number of barbiturate groups is 1. The van der Waals surface area contributed by atoms with Crippen molar-refractivity contribution >= 4 is 47.7 Å². The van der Waals surface area contributed by atoms with Gasteiger partial charge in [0.05, 0.1) is 24.3 Å². The molecular weight excluding hydrogens is 566 g/mol. The van der Waals surface area contributed by atoms with Crippen molar-refractivity contribution < 1.29 is 52.5 Å². The lowest BCUT2D eigenvalue weighted by Crippen LogP contribution is -2.56. The van der Waals surface area contributed by atoms with Crippen molar-refractivity contribution in [1.82, 2.24) is 10.6 Å². The molecule has 14 nitrogen and oxygen atoms in total. The van der Waals surface area contributed by atoms with E-state index in [4.69, 9.17) is 18.9 Å². The SMILES string of the molecule is CCOC(=O)Oc1c2ccc(CC3C(=O)NC(=O)NC3=O)ccc-2c(OC(=O)OCC)c1N1C(=O)c2ccccc2C1=O. The van der Waals surface area contributed by atoms with Gasteiger partial charge >= 0.3 is 18.3 Å². The van der Waals surface area contributed by atoms with Gasteiger partial charge in [-0.2, -0.15) is 0 Å². The topological polar surface area (TPSA) is 184 Å². The molecule has 2 aliphatic carbocycles. The molecule has 1 aromatic rings. The number of imide groups is 3. The van der Waals surface area contributed by atoms with Crippen LogP contribution < -0.4 is 25.0 Å². The van der Waals surface area contributed by atoms with Crippen LogP contribution in [0.4, 0.5) is 20.1 Å². The first-order valence-corrected chi connectivity index (χ1v) is 13.1. The highest BCUT2D eigenvalue weighted by Gasteiger charge is 2.44. The van der Waals surface area contributed by atoms with Gasteiger partial charge in [0.1, 0.15) is 11.6 Å². The van der Waals surface area contributed by atoms with Crippen LogP contribution in [0.15, 0.2) is 48.5 Å². The molecule has 0 bridgehead atoms. The standard InChI is InChI=1S/C29H23N3O11/c1-3-40-28(38)42-21-15-11-9-14(13-19-23(33)30-27(37)31-24(19)34)10-12-16(15)22(43-29(39)41-4-2)20(21)32-25(35)17-7-5-6-8-18(17)26(32)36/h5-12,19H,3-4,13H2,1-2H3,(H2,30,31,33,34,37). The van der Waals surface area contributed by atoms with Crippen molar-refractivity contribution in [2.75, 3.05) is 18.1 Å². The van der Waals surface area contributed by atoms with Crippen molar-refractivity contribution in [3.05, 3.63) is 65.2 Å². The molecule has 2 aliphatic heterocycles. The van der Waals surface area contributed by atoms with Crippen LogP contribution >= 0.6 is 0 Å². The van der Waals surface area contributed by atoms with E-state index in [-0.39, 0.29) is 59.1 Å². The van der Waals surface area contributed by atoms with Gasteiger partial charge in [-0.3, -0.25) is 29.8 Å². The van der Waals surface area contributed by atoms with Gasteiger partial charge < -0.3 is 18.9 Å². The Morgan fingerprint density at radius 2 is 1.16 bits per heavy atom. The summed E-state index contributed by atoms with van der Waals surface area (Å²) in [6, 6.07) is 11.0. The summed E-state index contributed by atoms with van der Waals surface area (Å²) < 4.78 is 20.9. The minimum atomic E-state index is -1.23. The number of urea groups is 1. The Bertz CT molecular complexity index is 1570. The summed E-state index contributed by atoms with van der Waals surface area (Å²) in [6.45, 7) is 2.97. The third kappa shape index (κ3) is 5.32. The van der Waals surface area contributed by atoms with Crippen LogP contribution in [0.3, 0.4) is 0 Å². The highest BCUT2D eigenvalue weighted by atomic mass is 16.7. The van der Waals surface area contributed by atoms with Crippen LogP contribution in [0, 0.1) is 5.92 Å². The summed E-state index contributed by atoms with van der Waals surface area (Å²) in [7, 11) is 0. The number of hydrogen-bond acceptors (Lipinski definition) is 11. The summed E-state index contributed by atoms with van der Waals surface area (Å²) in [5.41, 5.74) is 0.470. The van der Waals surface area contributed by atoms with Crippen LogP contribution in [0.2, 0.25) is 0 Å². The fourth-order valence-electron chi connectivity index (χ4n) is 4.74. The van der Waals surface area contributed by atoms with Crippen molar-refractivity contribution in [3.63, 3.8) is 0 Å². The molecule has 1 aromatic carbocycles. The Morgan fingerprint density at radius 1 is 0.698 bits per heavy atom. The number of nitrogens with zero attached hydrogens (tertiary/aromatic N) is 1. The van der Waals surface area contributed by atoms with Gasteiger partial charge in [0.2, 0.25) is 11.8 Å². The van der Waals surface area contributed by atoms with E-state index in [0.29, 0.717) is 5.56 Å². The third-order valence-electron chi connectivity index (χ3n) is 6.60. The zero-order chi connectivity index (χ0) is 30.8. The highest BCUT2D eigenvalue weighted by molar-refractivity contribution is 6.36. The number of hydrogen-bond donors (Lipinski definition) is 2. The maximum absolute atomic E-state index is 13.5. The van der Waals surface area contributed by atoms with Gasteiger partial charge in [-0.1, -0.05) is 36.4 Å². The Morgan fingerprint density at radius 3 is 1.60 bits per heavy atom. The number of anilines is 1. The lowest BCUT2D eigenvalue weighted by molar-refractivity contribution is -0.135. The summed E-state index contributed by atoms with van der Waals surface area (Å²) in [5.74, 6) is -4.98. The first-order valence-electron chi connectivity index (χ1n) is 13.1. The Kier molecular flexibility index (Phi) is 7.75. The van der Waals surface area contributed by atoms with Gasteiger partial charge in [0.25, 0.3) is 11.8 Å². The van der Waals surface area contributed by atoms with Gasteiger partial charge in [0, 0.05) is 11.1 Å². The summed E-state index contributed by atoms with van der Waals surface area (Å²) >= 11 is 0. The molecule has 1 fully saturated rings. The number of carbonyl (C=O) groups excluding carboxylic acids is 7. The van der Waals surface area contributed by atoms with E-state index in [9.17, 15) is 33.6 Å². The maximum Gasteiger partial charge on any atom is 0.513 e. The quantitative estimate of drug-likeness (QED) is 0.234. The van der Waals surface area contributed by atoms with Crippen LogP contribution in [0.25, 0.3) is 11.1 Å². The average Bonchev–Trinajstić information content (AvgIpc) is 3.24. The van der Waals surface area contributed by atoms with E-state index in [2.05, 4.69) is 0 Å². The lowest BCUT2D eigenvalue weighted by Gasteiger charge is -2.20. The summed E-state index contributed by atoms with van der Waals surface area (Å²) in [6.07, 6.45) is -2.46. The molecular formula is C29H23N3O11.